The Kier molecular flexibility index (Phi) is 4.79. The molecule has 2 fully saturated rings. The lowest BCUT2D eigenvalue weighted by atomic mass is 9.93. The molecule has 30 heavy (non-hydrogen) atoms. The summed E-state index contributed by atoms with van der Waals surface area (Å²) in [7, 11) is 1.42. The Bertz CT molecular complexity index is 1080. The van der Waals surface area contributed by atoms with Crippen molar-refractivity contribution in [3.05, 3.63) is 71.9 Å². The minimum atomic E-state index is -0.335. The van der Waals surface area contributed by atoms with Crippen molar-refractivity contribution in [3.8, 4) is 0 Å². The molecule has 1 aromatic heterocycles. The highest BCUT2D eigenvalue weighted by molar-refractivity contribution is 5.84. The predicted molar refractivity (Wildman–Crippen MR) is 114 cm³/mol. The van der Waals surface area contributed by atoms with Crippen LogP contribution in [0.3, 0.4) is 0 Å². The normalized spacial score (nSPS) is 24.2. The van der Waals surface area contributed by atoms with E-state index in [0.717, 1.165) is 17.6 Å². The van der Waals surface area contributed by atoms with Gasteiger partial charge in [-0.05, 0) is 29.0 Å². The second-order valence-electron chi connectivity index (χ2n) is 8.20. The molecule has 2 aliphatic heterocycles. The van der Waals surface area contributed by atoms with Gasteiger partial charge in [0.05, 0.1) is 25.6 Å². The molecule has 6 nitrogen and oxygen atoms in total. The predicted octanol–water partition coefficient (Wildman–Crippen LogP) is 3.11. The summed E-state index contributed by atoms with van der Waals surface area (Å²) in [5.41, 5.74) is 3.29. The van der Waals surface area contributed by atoms with Gasteiger partial charge in [0.25, 0.3) is 0 Å². The Hall–Kier alpha value is -3.12. The molecule has 154 valence electrons. The molecule has 2 saturated heterocycles. The maximum atomic E-state index is 13.3. The largest absolute Gasteiger partial charge is 0.469 e. The maximum absolute atomic E-state index is 13.3. The van der Waals surface area contributed by atoms with Gasteiger partial charge in [0.2, 0.25) is 5.91 Å². The molecule has 3 aromatic rings. The molecular formula is C24H25N3O3. The second-order valence-corrected chi connectivity index (χ2v) is 8.20. The standard InChI is InChI=1S/C24H25N3O3/c1-30-24(29)20-12-19-14-26(13-18-9-5-8-16-10-11-25-22(16)18)15-21(28)27(19)23(20)17-6-3-2-4-7-17/h2-11,19-20,23,25H,12-15H2,1H3/t19-,20-,23-/m0/s1. The highest BCUT2D eigenvalue weighted by atomic mass is 16.5. The fourth-order valence-corrected chi connectivity index (χ4v) is 5.18. The molecule has 3 heterocycles. The lowest BCUT2D eigenvalue weighted by molar-refractivity contribution is -0.147. The van der Waals surface area contributed by atoms with Crippen molar-refractivity contribution in [1.29, 1.82) is 0 Å². The number of carbonyl (C=O) groups is 2. The van der Waals surface area contributed by atoms with Crippen LogP contribution in [0.15, 0.2) is 60.8 Å². The van der Waals surface area contributed by atoms with Crippen LogP contribution >= 0.6 is 0 Å². The zero-order valence-corrected chi connectivity index (χ0v) is 17.0. The molecule has 0 aliphatic carbocycles. The van der Waals surface area contributed by atoms with Gasteiger partial charge in [0.15, 0.2) is 0 Å². The number of methoxy groups -OCH3 is 1. The van der Waals surface area contributed by atoms with Crippen molar-refractivity contribution in [2.75, 3.05) is 20.2 Å². The number of nitrogens with zero attached hydrogens (tertiary/aromatic N) is 2. The van der Waals surface area contributed by atoms with E-state index in [2.05, 4.69) is 34.1 Å². The van der Waals surface area contributed by atoms with Gasteiger partial charge in [-0.3, -0.25) is 14.5 Å². The molecule has 3 atom stereocenters. The summed E-state index contributed by atoms with van der Waals surface area (Å²) in [6, 6.07) is 17.9. The van der Waals surface area contributed by atoms with E-state index in [4.69, 9.17) is 4.74 Å². The molecule has 0 saturated carbocycles. The van der Waals surface area contributed by atoms with Crippen LogP contribution in [-0.4, -0.2) is 52.9 Å². The minimum Gasteiger partial charge on any atom is -0.469 e. The summed E-state index contributed by atoms with van der Waals surface area (Å²) in [5, 5.41) is 1.17. The number of rotatable bonds is 4. The summed E-state index contributed by atoms with van der Waals surface area (Å²) in [6.45, 7) is 1.80. The average molecular weight is 403 g/mol. The van der Waals surface area contributed by atoms with Crippen molar-refractivity contribution < 1.29 is 14.3 Å². The van der Waals surface area contributed by atoms with Gasteiger partial charge >= 0.3 is 5.97 Å². The number of carbonyl (C=O) groups excluding carboxylic acids is 2. The highest BCUT2D eigenvalue weighted by Crippen LogP contribution is 2.43. The quantitative estimate of drug-likeness (QED) is 0.680. The van der Waals surface area contributed by atoms with E-state index >= 15 is 0 Å². The van der Waals surface area contributed by atoms with Gasteiger partial charge < -0.3 is 14.6 Å². The van der Waals surface area contributed by atoms with Gasteiger partial charge in [-0.1, -0.05) is 48.5 Å². The molecular weight excluding hydrogens is 378 g/mol. The van der Waals surface area contributed by atoms with Crippen LogP contribution in [0.2, 0.25) is 0 Å². The molecule has 1 N–H and O–H groups in total. The van der Waals surface area contributed by atoms with E-state index in [1.54, 1.807) is 0 Å². The number of aromatic nitrogens is 1. The second kappa shape index (κ2) is 7.61. The van der Waals surface area contributed by atoms with Crippen LogP contribution in [-0.2, 0) is 20.9 Å². The van der Waals surface area contributed by atoms with Gasteiger partial charge in [0.1, 0.15) is 0 Å². The molecule has 0 bridgehead atoms. The number of esters is 1. The monoisotopic (exact) mass is 403 g/mol. The molecule has 0 radical (unpaired) electrons. The van der Waals surface area contributed by atoms with Crippen LogP contribution in [0.5, 0.6) is 0 Å². The van der Waals surface area contributed by atoms with Gasteiger partial charge in [-0.25, -0.2) is 0 Å². The first-order chi connectivity index (χ1) is 14.7. The molecule has 2 aliphatic rings. The molecule has 2 aromatic carbocycles. The third-order valence-corrected chi connectivity index (χ3v) is 6.43. The fraction of sp³-hybridized carbons (Fsp3) is 0.333. The summed E-state index contributed by atoms with van der Waals surface area (Å²) in [4.78, 5) is 33.3. The topological polar surface area (TPSA) is 65.6 Å². The zero-order valence-electron chi connectivity index (χ0n) is 17.0. The van der Waals surface area contributed by atoms with Crippen LogP contribution in [0, 0.1) is 5.92 Å². The lowest BCUT2D eigenvalue weighted by Gasteiger charge is -2.40. The van der Waals surface area contributed by atoms with Crippen LogP contribution < -0.4 is 0 Å². The van der Waals surface area contributed by atoms with E-state index in [0.29, 0.717) is 19.5 Å². The Morgan fingerprint density at radius 2 is 1.97 bits per heavy atom. The number of para-hydroxylation sites is 1. The van der Waals surface area contributed by atoms with Crippen LogP contribution in [0.1, 0.15) is 23.6 Å². The van der Waals surface area contributed by atoms with Crippen LogP contribution in [0.4, 0.5) is 0 Å². The Labute approximate surface area is 175 Å². The van der Waals surface area contributed by atoms with E-state index in [1.165, 1.54) is 18.1 Å². The first-order valence-corrected chi connectivity index (χ1v) is 10.4. The SMILES string of the molecule is COC(=O)[C@H]1C[C@H]2CN(Cc3cccc4cc[nH]c34)CC(=O)N2[C@H]1c1ccccc1. The van der Waals surface area contributed by atoms with Crippen molar-refractivity contribution in [2.24, 2.45) is 5.92 Å². The Morgan fingerprint density at radius 1 is 1.13 bits per heavy atom. The average Bonchev–Trinajstić information content (AvgIpc) is 3.39. The highest BCUT2D eigenvalue weighted by Gasteiger charge is 2.50. The number of ether oxygens (including phenoxy) is 1. The first-order valence-electron chi connectivity index (χ1n) is 10.4. The molecule has 6 heteroatoms. The lowest BCUT2D eigenvalue weighted by Crippen LogP contribution is -2.54. The molecule has 5 rings (SSSR count). The van der Waals surface area contributed by atoms with Crippen molar-refractivity contribution >= 4 is 22.8 Å². The van der Waals surface area contributed by atoms with Gasteiger partial charge in [-0.15, -0.1) is 0 Å². The van der Waals surface area contributed by atoms with Gasteiger partial charge in [-0.2, -0.15) is 0 Å². The van der Waals surface area contributed by atoms with Gasteiger partial charge in [0, 0.05) is 30.8 Å². The third-order valence-electron chi connectivity index (χ3n) is 6.43. The van der Waals surface area contributed by atoms with E-state index < -0.39 is 0 Å². The fourth-order valence-electron chi connectivity index (χ4n) is 5.18. The third kappa shape index (κ3) is 3.17. The number of hydrogen-bond acceptors (Lipinski definition) is 4. The number of H-pyrrole nitrogens is 1. The number of amides is 1. The number of benzene rings is 2. The summed E-state index contributed by atoms with van der Waals surface area (Å²) < 4.78 is 5.09. The van der Waals surface area contributed by atoms with E-state index in [9.17, 15) is 9.59 Å². The smallest absolute Gasteiger partial charge is 0.311 e. The number of nitrogens with one attached hydrogen (secondary N) is 1. The Balaban J connectivity index is 1.42. The minimum absolute atomic E-state index is 0.00315. The van der Waals surface area contributed by atoms with Crippen LogP contribution in [0.25, 0.3) is 10.9 Å². The number of hydrogen-bond donors (Lipinski definition) is 1. The summed E-state index contributed by atoms with van der Waals surface area (Å²) >= 11 is 0. The molecule has 0 spiro atoms. The zero-order chi connectivity index (χ0) is 20.7. The Morgan fingerprint density at radius 3 is 2.77 bits per heavy atom. The van der Waals surface area contributed by atoms with E-state index in [1.807, 2.05) is 41.4 Å². The van der Waals surface area contributed by atoms with Crippen molar-refractivity contribution in [2.45, 2.75) is 25.0 Å². The molecule has 0 unspecified atom stereocenters. The van der Waals surface area contributed by atoms with E-state index in [-0.39, 0.29) is 29.9 Å². The number of aromatic amines is 1. The number of fused-ring (bicyclic) bond motifs is 2. The first kappa shape index (κ1) is 18.9. The maximum Gasteiger partial charge on any atom is 0.311 e. The number of piperazine rings is 1. The molecule has 1 amide bonds. The summed E-state index contributed by atoms with van der Waals surface area (Å²) in [5.74, 6) is -0.503. The summed E-state index contributed by atoms with van der Waals surface area (Å²) in [6.07, 6.45) is 2.57. The van der Waals surface area contributed by atoms with Crippen molar-refractivity contribution in [3.63, 3.8) is 0 Å². The van der Waals surface area contributed by atoms with Crippen molar-refractivity contribution in [1.82, 2.24) is 14.8 Å².